The van der Waals surface area contributed by atoms with E-state index in [1.807, 2.05) is 0 Å². The Labute approximate surface area is 104 Å². The van der Waals surface area contributed by atoms with Crippen LogP contribution in [-0.4, -0.2) is 0 Å². The highest BCUT2D eigenvalue weighted by Gasteiger charge is 2.09. The van der Waals surface area contributed by atoms with Gasteiger partial charge in [-0.15, -0.1) is 0 Å². The van der Waals surface area contributed by atoms with E-state index < -0.39 is 0 Å². The molecule has 0 fully saturated rings. The van der Waals surface area contributed by atoms with Crippen LogP contribution in [0.25, 0.3) is 0 Å². The zero-order valence-corrected chi connectivity index (χ0v) is 12.0. The van der Waals surface area contributed by atoms with Gasteiger partial charge in [0.05, 0.1) is 0 Å². The maximum atomic E-state index is 2.55. The Hall–Kier alpha value is -0.260. The molecule has 0 saturated carbocycles. The van der Waals surface area contributed by atoms with Crippen molar-refractivity contribution >= 4 is 0 Å². The summed E-state index contributed by atoms with van der Waals surface area (Å²) in [5, 5.41) is 0. The Morgan fingerprint density at radius 2 is 1.50 bits per heavy atom. The van der Waals surface area contributed by atoms with Crippen LogP contribution in [0.15, 0.2) is 11.6 Å². The number of hydrogen-bond donors (Lipinski definition) is 0. The highest BCUT2D eigenvalue weighted by molar-refractivity contribution is 5.06. The summed E-state index contributed by atoms with van der Waals surface area (Å²) < 4.78 is 0. The fourth-order valence-corrected chi connectivity index (χ4v) is 2.36. The molecule has 0 aromatic rings. The second-order valence-electron chi connectivity index (χ2n) is 4.89. The van der Waals surface area contributed by atoms with Crippen LogP contribution in [0.3, 0.4) is 0 Å². The molecule has 16 heavy (non-hydrogen) atoms. The molecule has 0 aliphatic rings. The van der Waals surface area contributed by atoms with Crippen molar-refractivity contribution in [3.63, 3.8) is 0 Å². The van der Waals surface area contributed by atoms with Crippen LogP contribution in [0.2, 0.25) is 0 Å². The highest BCUT2D eigenvalue weighted by atomic mass is 14.1. The summed E-state index contributed by atoms with van der Waals surface area (Å²) in [6.45, 7) is 9.24. The number of unbranched alkanes of at least 4 members (excludes halogenated alkanes) is 4. The number of hydrogen-bond acceptors (Lipinski definition) is 0. The van der Waals surface area contributed by atoms with Crippen molar-refractivity contribution in [1.29, 1.82) is 0 Å². The van der Waals surface area contributed by atoms with Gasteiger partial charge in [-0.2, -0.15) is 0 Å². The molecule has 0 spiro atoms. The molecule has 0 heteroatoms. The average Bonchev–Trinajstić information content (AvgIpc) is 2.30. The average molecular weight is 224 g/mol. The number of allylic oxidation sites excluding steroid dienone is 2. The lowest BCUT2D eigenvalue weighted by molar-refractivity contribution is 0.533. The molecule has 0 heterocycles. The van der Waals surface area contributed by atoms with Gasteiger partial charge in [-0.25, -0.2) is 0 Å². The maximum Gasteiger partial charge on any atom is -0.0208 e. The summed E-state index contributed by atoms with van der Waals surface area (Å²) in [6, 6.07) is 0. The fourth-order valence-electron chi connectivity index (χ4n) is 2.36. The van der Waals surface area contributed by atoms with E-state index in [-0.39, 0.29) is 0 Å². The van der Waals surface area contributed by atoms with E-state index in [2.05, 4.69) is 33.8 Å². The first-order valence-electron chi connectivity index (χ1n) is 7.48. The highest BCUT2D eigenvalue weighted by Crippen LogP contribution is 2.25. The van der Waals surface area contributed by atoms with E-state index in [0.29, 0.717) is 0 Å². The first-order valence-corrected chi connectivity index (χ1v) is 7.48. The van der Waals surface area contributed by atoms with Gasteiger partial charge in [-0.05, 0) is 38.0 Å². The largest absolute Gasteiger partial charge is 0.0851 e. The smallest absolute Gasteiger partial charge is 0.0208 e. The van der Waals surface area contributed by atoms with Crippen molar-refractivity contribution in [2.24, 2.45) is 5.92 Å². The van der Waals surface area contributed by atoms with Crippen LogP contribution < -0.4 is 0 Å². The molecule has 0 nitrogen and oxygen atoms in total. The van der Waals surface area contributed by atoms with Gasteiger partial charge in [0.25, 0.3) is 0 Å². The molecule has 0 aliphatic heterocycles. The van der Waals surface area contributed by atoms with E-state index in [1.54, 1.807) is 5.57 Å². The van der Waals surface area contributed by atoms with Gasteiger partial charge < -0.3 is 0 Å². The van der Waals surface area contributed by atoms with Crippen LogP contribution >= 0.6 is 0 Å². The summed E-state index contributed by atoms with van der Waals surface area (Å²) in [7, 11) is 0. The summed E-state index contributed by atoms with van der Waals surface area (Å²) in [5.41, 5.74) is 1.76. The molecule has 0 amide bonds. The summed E-state index contributed by atoms with van der Waals surface area (Å²) in [4.78, 5) is 0. The van der Waals surface area contributed by atoms with Crippen molar-refractivity contribution in [1.82, 2.24) is 0 Å². The topological polar surface area (TPSA) is 0 Å². The minimum absolute atomic E-state index is 0.855. The van der Waals surface area contributed by atoms with Crippen LogP contribution in [0.4, 0.5) is 0 Å². The summed E-state index contributed by atoms with van der Waals surface area (Å²) in [5.74, 6) is 0.855. The Bertz CT molecular complexity index is 163. The molecule has 96 valence electrons. The van der Waals surface area contributed by atoms with Crippen LogP contribution in [0.5, 0.6) is 0 Å². The molecule has 0 N–H and O–H groups in total. The van der Waals surface area contributed by atoms with Gasteiger partial charge in [0.2, 0.25) is 0 Å². The zero-order chi connectivity index (χ0) is 12.2. The van der Waals surface area contributed by atoms with Crippen molar-refractivity contribution in [3.05, 3.63) is 11.6 Å². The lowest BCUT2D eigenvalue weighted by atomic mass is 9.89. The van der Waals surface area contributed by atoms with E-state index >= 15 is 0 Å². The predicted molar refractivity (Wildman–Crippen MR) is 75.8 cm³/mol. The van der Waals surface area contributed by atoms with E-state index in [9.17, 15) is 0 Å². The summed E-state index contributed by atoms with van der Waals surface area (Å²) >= 11 is 0. The van der Waals surface area contributed by atoms with E-state index in [1.165, 1.54) is 57.8 Å². The van der Waals surface area contributed by atoms with Gasteiger partial charge in [-0.1, -0.05) is 65.0 Å². The maximum absolute atomic E-state index is 2.55. The van der Waals surface area contributed by atoms with Crippen molar-refractivity contribution in [2.45, 2.75) is 85.5 Å². The second kappa shape index (κ2) is 11.2. The van der Waals surface area contributed by atoms with Gasteiger partial charge >= 0.3 is 0 Å². The molecule has 0 aromatic heterocycles. The first kappa shape index (κ1) is 15.7. The molecule has 0 radical (unpaired) electrons. The minimum Gasteiger partial charge on any atom is -0.0851 e. The van der Waals surface area contributed by atoms with Crippen LogP contribution in [-0.2, 0) is 0 Å². The second-order valence-corrected chi connectivity index (χ2v) is 4.89. The van der Waals surface area contributed by atoms with E-state index in [4.69, 9.17) is 0 Å². The normalized spacial score (nSPS) is 12.4. The van der Waals surface area contributed by atoms with Crippen molar-refractivity contribution in [2.75, 3.05) is 0 Å². The lowest BCUT2D eigenvalue weighted by Crippen LogP contribution is -2.02. The monoisotopic (exact) mass is 224 g/mol. The molecular formula is C16H32. The van der Waals surface area contributed by atoms with Crippen molar-refractivity contribution in [3.8, 4) is 0 Å². The molecular weight excluding hydrogens is 192 g/mol. The standard InChI is InChI=1S/C16H32/c1-5-9-11-13-16(14-12-10-6-2)15(7-3)8-4/h13,15H,5-12,14H2,1-4H3. The quantitative estimate of drug-likeness (QED) is 0.310. The van der Waals surface area contributed by atoms with Gasteiger partial charge in [0, 0.05) is 0 Å². The third-order valence-electron chi connectivity index (χ3n) is 3.54. The zero-order valence-electron chi connectivity index (χ0n) is 12.0. The van der Waals surface area contributed by atoms with Gasteiger partial charge in [-0.3, -0.25) is 0 Å². The Balaban J connectivity index is 4.18. The molecule has 0 rings (SSSR count). The number of rotatable bonds is 10. The molecule has 0 atom stereocenters. The minimum atomic E-state index is 0.855. The fraction of sp³-hybridized carbons (Fsp3) is 0.875. The van der Waals surface area contributed by atoms with Crippen LogP contribution in [0, 0.1) is 5.92 Å². The lowest BCUT2D eigenvalue weighted by Gasteiger charge is -2.17. The first-order chi connectivity index (χ1) is 7.79. The Kier molecular flexibility index (Phi) is 11.0. The molecule has 0 unspecified atom stereocenters. The summed E-state index contributed by atoms with van der Waals surface area (Å²) in [6.07, 6.45) is 14.6. The SMILES string of the molecule is CCCCC=C(CCCCC)C(CC)CC. The Morgan fingerprint density at radius 3 is 2.00 bits per heavy atom. The van der Waals surface area contributed by atoms with Crippen LogP contribution in [0.1, 0.15) is 85.5 Å². The van der Waals surface area contributed by atoms with Gasteiger partial charge in [0.1, 0.15) is 0 Å². The molecule has 0 aromatic carbocycles. The molecule has 0 saturated heterocycles. The van der Waals surface area contributed by atoms with E-state index in [0.717, 1.165) is 5.92 Å². The Morgan fingerprint density at radius 1 is 0.875 bits per heavy atom. The third-order valence-corrected chi connectivity index (χ3v) is 3.54. The van der Waals surface area contributed by atoms with Crippen molar-refractivity contribution < 1.29 is 0 Å². The molecule has 0 bridgehead atoms. The predicted octanol–water partition coefficient (Wildman–Crippen LogP) is 6.12. The van der Waals surface area contributed by atoms with Gasteiger partial charge in [0.15, 0.2) is 0 Å². The third kappa shape index (κ3) is 7.09. The molecule has 0 aliphatic carbocycles.